The summed E-state index contributed by atoms with van der Waals surface area (Å²) in [5, 5.41) is 0. The normalized spacial score (nSPS) is 1.60. The van der Waals surface area contributed by atoms with Gasteiger partial charge in [-0.3, -0.25) is 0 Å². The van der Waals surface area contributed by atoms with Crippen LogP contribution in [0.3, 0.4) is 0 Å². The van der Waals surface area contributed by atoms with E-state index in [2.05, 4.69) is 0 Å². The molecule has 32 valence electrons. The minimum Gasteiger partial charge on any atom is -0.412 e. The van der Waals surface area contributed by atoms with Crippen molar-refractivity contribution in [3.05, 3.63) is 0 Å². The number of hydrogen-bond donors (Lipinski definition) is 1. The molecule has 0 amide bonds. The summed E-state index contributed by atoms with van der Waals surface area (Å²) in [5.74, 6) is 0. The van der Waals surface area contributed by atoms with Gasteiger partial charge in [0, 0.05) is 0 Å². The molecule has 4 heteroatoms. The predicted octanol–water partition coefficient (Wildman–Crippen LogP) is -1.25. The van der Waals surface area contributed by atoms with Crippen LogP contribution in [0.4, 0.5) is 0 Å². The van der Waals surface area contributed by atoms with E-state index in [1.165, 1.54) is 0 Å². The van der Waals surface area contributed by atoms with E-state index in [9.17, 15) is 0 Å². The molecular weight excluding hydrogens is 74.0 g/mol. The molecule has 0 aliphatic heterocycles. The molecule has 0 rings (SSSR count). The fourth-order valence-electron chi connectivity index (χ4n) is 0. The molecule has 0 spiro atoms. The van der Waals surface area contributed by atoms with Crippen molar-refractivity contribution in [3.8, 4) is 0 Å². The molecule has 0 aliphatic carbocycles. The van der Waals surface area contributed by atoms with Crippen molar-refractivity contribution in [3.63, 3.8) is 0 Å². The zero-order chi connectivity index (χ0) is 2.71. The first-order valence-electron chi connectivity index (χ1n) is 0.408. The van der Waals surface area contributed by atoms with Crippen molar-refractivity contribution in [2.24, 2.45) is 0 Å². The molecule has 0 aromatic rings. The van der Waals surface area contributed by atoms with Crippen LogP contribution in [0.25, 0.3) is 0 Å². The smallest absolute Gasteiger partial charge is 0.373 e. The zero-order valence-corrected chi connectivity index (χ0v) is 2.52. The molecule has 0 heterocycles. The van der Waals surface area contributed by atoms with Gasteiger partial charge in [0.25, 0.3) is 0 Å². The van der Waals surface area contributed by atoms with E-state index in [1.54, 1.807) is 0 Å². The van der Waals surface area contributed by atoms with Crippen LogP contribution in [0.2, 0.25) is 0 Å². The van der Waals surface area contributed by atoms with Gasteiger partial charge in [-0.1, -0.05) is 0 Å². The summed E-state index contributed by atoms with van der Waals surface area (Å²) in [4.78, 5) is 16.2. The van der Waals surface area contributed by atoms with E-state index < -0.39 is 0 Å². The van der Waals surface area contributed by atoms with Crippen LogP contribution in [-0.4, -0.2) is 11.6 Å². The largest absolute Gasteiger partial charge is 0.412 e. The Hall–Kier alpha value is -0.700. The minimum absolute atomic E-state index is 0. The van der Waals surface area contributed by atoms with E-state index in [4.69, 9.17) is 9.59 Å². The Bertz CT molecular complexity index is 27.9. The van der Waals surface area contributed by atoms with E-state index in [0.717, 1.165) is 0 Å². The second-order valence-electron chi connectivity index (χ2n) is 0.0833. The van der Waals surface area contributed by atoms with Crippen LogP contribution in [0.15, 0.2) is 0 Å². The third-order valence-electron chi connectivity index (χ3n) is 0. The van der Waals surface area contributed by atoms with Gasteiger partial charge < -0.3 is 11.6 Å². The second-order valence-corrected chi connectivity index (χ2v) is 0.0833. The molecule has 0 radical (unpaired) electrons. The summed E-state index contributed by atoms with van der Waals surface area (Å²) in [7, 11) is 0. The van der Waals surface area contributed by atoms with Crippen molar-refractivity contribution in [1.29, 1.82) is 0 Å². The van der Waals surface area contributed by atoms with Crippen LogP contribution in [0.1, 0.15) is 0 Å². The third-order valence-corrected chi connectivity index (χ3v) is 0. The summed E-state index contributed by atoms with van der Waals surface area (Å²) >= 11 is 0. The Balaban J connectivity index is -0.0000000200. The van der Waals surface area contributed by atoms with Crippen molar-refractivity contribution < 1.29 is 15.1 Å². The molecule has 0 aromatic heterocycles. The van der Waals surface area contributed by atoms with E-state index >= 15 is 0 Å². The zero-order valence-electron chi connectivity index (χ0n) is 2.52. The van der Waals surface area contributed by atoms with Gasteiger partial charge in [-0.15, -0.1) is 0 Å². The van der Waals surface area contributed by atoms with Gasteiger partial charge in [0.05, 0.1) is 0 Å². The maximum atomic E-state index is 8.12. The molecule has 0 fully saturated rings. The fourth-order valence-corrected chi connectivity index (χ4v) is 0. The lowest BCUT2D eigenvalue weighted by molar-refractivity contribution is -0.191. The first kappa shape index (κ1) is 27.7. The molecule has 0 bridgehead atoms. The Morgan fingerprint density at radius 3 is 1.20 bits per heavy atom. The lowest BCUT2D eigenvalue weighted by Gasteiger charge is -0.945. The molecule has 0 saturated heterocycles. The van der Waals surface area contributed by atoms with Crippen LogP contribution in [-0.2, 0) is 9.59 Å². The van der Waals surface area contributed by atoms with Crippen molar-refractivity contribution in [2.45, 2.75) is 0 Å². The molecule has 0 saturated carbocycles. The van der Waals surface area contributed by atoms with Gasteiger partial charge >= 0.3 is 6.15 Å². The van der Waals surface area contributed by atoms with Crippen molar-refractivity contribution >= 4 is 6.15 Å². The topological polar surface area (TPSA) is 101 Å². The Kier molecular flexibility index (Phi) is 1070. The highest BCUT2D eigenvalue weighted by Crippen LogP contribution is 0.787. The summed E-state index contributed by atoms with van der Waals surface area (Å²) in [6.45, 7) is 0. The number of carbonyl (C=O) groups excluding carboxylic acids is 2. The Labute approximate surface area is 28.7 Å². The second kappa shape index (κ2) is 194. The maximum absolute atomic E-state index is 8.12. The summed E-state index contributed by atoms with van der Waals surface area (Å²) in [6.07, 6.45) is 0.250. The van der Waals surface area contributed by atoms with Crippen molar-refractivity contribution in [2.75, 3.05) is 0 Å². The molecule has 0 unspecified atom stereocenters. The highest BCUT2D eigenvalue weighted by atomic mass is 16.2. The molecule has 0 atom stereocenters. The molecule has 5 N–H and O–H groups in total. The molecule has 0 aliphatic rings. The van der Waals surface area contributed by atoms with Gasteiger partial charge in [0.2, 0.25) is 0 Å². The van der Waals surface area contributed by atoms with Crippen LogP contribution < -0.4 is 6.15 Å². The summed E-state index contributed by atoms with van der Waals surface area (Å²) in [6, 6.07) is 0. The standard InChI is InChI=1S/CO2.H3N.H2O/c2-1-3;;/h;1H3;1H2. The number of rotatable bonds is 0. The molecule has 4 nitrogen and oxygen atoms in total. The first-order chi connectivity index (χ1) is 1.41. The monoisotopic (exact) mass is 79.0 g/mol. The maximum Gasteiger partial charge on any atom is 0.373 e. The van der Waals surface area contributed by atoms with Crippen molar-refractivity contribution in [1.82, 2.24) is 6.15 Å². The van der Waals surface area contributed by atoms with Crippen LogP contribution >= 0.6 is 0 Å². The van der Waals surface area contributed by atoms with E-state index in [1.807, 2.05) is 0 Å². The van der Waals surface area contributed by atoms with Crippen LogP contribution in [0.5, 0.6) is 0 Å². The molecular formula is CH5NO3. The summed E-state index contributed by atoms with van der Waals surface area (Å²) in [5.41, 5.74) is 0. The van der Waals surface area contributed by atoms with Crippen LogP contribution in [0, 0.1) is 0 Å². The Morgan fingerprint density at radius 2 is 1.20 bits per heavy atom. The number of hydrogen-bond acceptors (Lipinski definition) is 3. The molecule has 5 heavy (non-hydrogen) atoms. The quantitative estimate of drug-likeness (QED) is 0.392. The van der Waals surface area contributed by atoms with Gasteiger partial charge in [0.1, 0.15) is 0 Å². The average molecular weight is 79.1 g/mol. The third kappa shape index (κ3) is 11.4. The minimum atomic E-state index is 0. The first-order valence-corrected chi connectivity index (χ1v) is 0.408. The average Bonchev–Trinajstić information content (AvgIpc) is 0.918. The fraction of sp³-hybridized carbons (Fsp3) is 0. The van der Waals surface area contributed by atoms with E-state index in [0.29, 0.717) is 0 Å². The van der Waals surface area contributed by atoms with Gasteiger partial charge in [-0.25, -0.2) is 0 Å². The highest BCUT2D eigenvalue weighted by Gasteiger charge is 1.13. The lowest BCUT2D eigenvalue weighted by atomic mass is 11.8. The molecule has 0 aromatic carbocycles. The van der Waals surface area contributed by atoms with Gasteiger partial charge in [-0.05, 0) is 0 Å². The Morgan fingerprint density at radius 1 is 1.20 bits per heavy atom. The summed E-state index contributed by atoms with van der Waals surface area (Å²) < 4.78 is 0. The lowest BCUT2D eigenvalue weighted by Crippen LogP contribution is -1.22. The van der Waals surface area contributed by atoms with Gasteiger partial charge in [0.15, 0.2) is 0 Å². The SMILES string of the molecule is N.O.O=C=O. The van der Waals surface area contributed by atoms with E-state index in [-0.39, 0.29) is 17.8 Å². The predicted molar refractivity (Wildman–Crippen MR) is 13.6 cm³/mol. The highest BCUT2D eigenvalue weighted by molar-refractivity contribution is 5.20. The van der Waals surface area contributed by atoms with Gasteiger partial charge in [-0.2, -0.15) is 9.59 Å².